The van der Waals surface area contributed by atoms with Gasteiger partial charge >= 0.3 is 0 Å². The molecule has 0 aromatic heterocycles. The topological polar surface area (TPSA) is 4.36 Å². The van der Waals surface area contributed by atoms with Gasteiger partial charge in [-0.25, -0.2) is 6.57 Å². The molecule has 2 fully saturated rings. The van der Waals surface area contributed by atoms with Crippen molar-refractivity contribution in [2.75, 3.05) is 0 Å². The van der Waals surface area contributed by atoms with E-state index in [0.717, 1.165) is 23.7 Å². The molecule has 0 bridgehead atoms. The maximum absolute atomic E-state index is 7.21. The van der Waals surface area contributed by atoms with Crippen molar-refractivity contribution in [1.29, 1.82) is 0 Å². The molecule has 0 aromatic rings. The third-order valence-electron chi connectivity index (χ3n) is 7.27. The van der Waals surface area contributed by atoms with Crippen LogP contribution in [0.4, 0.5) is 0 Å². The van der Waals surface area contributed by atoms with Gasteiger partial charge in [0.2, 0.25) is 6.04 Å². The van der Waals surface area contributed by atoms with Crippen molar-refractivity contribution in [3.63, 3.8) is 0 Å². The zero-order valence-corrected chi connectivity index (χ0v) is 17.1. The lowest BCUT2D eigenvalue weighted by molar-refractivity contribution is 0.153. The molecule has 1 heteroatoms. The van der Waals surface area contributed by atoms with Crippen molar-refractivity contribution in [3.8, 4) is 0 Å². The standard InChI is InChI=1S/C24H43N/c1-4-5-6-7-8-9-10-20(2)19-21-11-13-22(14-12-21)23-15-17-24(25-3)18-16-23/h20-24H,4-19H2,1-2H3. The summed E-state index contributed by atoms with van der Waals surface area (Å²) in [7, 11) is 0. The summed E-state index contributed by atoms with van der Waals surface area (Å²) < 4.78 is 0. The first kappa shape index (κ1) is 20.8. The van der Waals surface area contributed by atoms with Gasteiger partial charge in [0.1, 0.15) is 0 Å². The Morgan fingerprint density at radius 3 is 1.96 bits per heavy atom. The van der Waals surface area contributed by atoms with Crippen LogP contribution in [0.25, 0.3) is 4.85 Å². The average molecular weight is 346 g/mol. The van der Waals surface area contributed by atoms with Gasteiger partial charge in [-0.05, 0) is 55.8 Å². The summed E-state index contributed by atoms with van der Waals surface area (Å²) in [5.74, 6) is 3.92. The molecular formula is C24H43N. The first-order valence-electron chi connectivity index (χ1n) is 11.6. The van der Waals surface area contributed by atoms with E-state index in [2.05, 4.69) is 18.7 Å². The van der Waals surface area contributed by atoms with Crippen molar-refractivity contribution in [3.05, 3.63) is 11.4 Å². The molecule has 2 rings (SSSR count). The predicted octanol–water partition coefficient (Wildman–Crippen LogP) is 8.05. The van der Waals surface area contributed by atoms with Crippen LogP contribution < -0.4 is 0 Å². The maximum atomic E-state index is 7.21. The SMILES string of the molecule is [C-]#[N+]C1CCC(C2CCC(CC(C)CCCCCCCC)CC2)CC1. The Balaban J connectivity index is 1.54. The molecule has 0 saturated heterocycles. The molecule has 1 unspecified atom stereocenters. The van der Waals surface area contributed by atoms with Gasteiger partial charge < -0.3 is 4.85 Å². The summed E-state index contributed by atoms with van der Waals surface area (Å²) >= 11 is 0. The molecule has 0 heterocycles. The molecule has 2 aliphatic carbocycles. The summed E-state index contributed by atoms with van der Waals surface area (Å²) in [5, 5.41) is 0. The lowest BCUT2D eigenvalue weighted by atomic mass is 9.69. The zero-order valence-electron chi connectivity index (χ0n) is 17.1. The second kappa shape index (κ2) is 12.0. The van der Waals surface area contributed by atoms with Crippen LogP contribution in [0.3, 0.4) is 0 Å². The van der Waals surface area contributed by atoms with Crippen LogP contribution in [0.1, 0.15) is 117 Å². The molecule has 0 spiro atoms. The lowest BCUT2D eigenvalue weighted by Crippen LogP contribution is -2.27. The fraction of sp³-hybridized carbons (Fsp3) is 0.958. The quantitative estimate of drug-likeness (QED) is 0.278. The molecular weight excluding hydrogens is 302 g/mol. The van der Waals surface area contributed by atoms with E-state index >= 15 is 0 Å². The monoisotopic (exact) mass is 345 g/mol. The Hall–Kier alpha value is -0.510. The Morgan fingerprint density at radius 2 is 1.36 bits per heavy atom. The normalized spacial score (nSPS) is 31.4. The van der Waals surface area contributed by atoms with Crippen LogP contribution in [-0.2, 0) is 0 Å². The smallest absolute Gasteiger partial charge is 0.223 e. The highest BCUT2D eigenvalue weighted by Crippen LogP contribution is 2.42. The Kier molecular flexibility index (Phi) is 9.97. The summed E-state index contributed by atoms with van der Waals surface area (Å²) in [4.78, 5) is 3.77. The van der Waals surface area contributed by atoms with Gasteiger partial charge in [-0.2, -0.15) is 0 Å². The van der Waals surface area contributed by atoms with Crippen LogP contribution in [-0.4, -0.2) is 6.04 Å². The Labute approximate surface area is 158 Å². The van der Waals surface area contributed by atoms with Crippen molar-refractivity contribution >= 4 is 0 Å². The number of rotatable bonds is 10. The fourth-order valence-electron chi connectivity index (χ4n) is 5.56. The highest BCUT2D eigenvalue weighted by atomic mass is 14.7. The Bertz CT molecular complexity index is 366. The molecule has 25 heavy (non-hydrogen) atoms. The van der Waals surface area contributed by atoms with Gasteiger partial charge in [-0.3, -0.25) is 0 Å². The highest BCUT2D eigenvalue weighted by Gasteiger charge is 2.32. The van der Waals surface area contributed by atoms with Crippen LogP contribution in [0.15, 0.2) is 0 Å². The van der Waals surface area contributed by atoms with E-state index in [1.54, 1.807) is 0 Å². The van der Waals surface area contributed by atoms with Gasteiger partial charge in [0.05, 0.1) is 0 Å². The molecule has 0 aromatic carbocycles. The number of nitrogens with zero attached hydrogens (tertiary/aromatic N) is 1. The first-order valence-corrected chi connectivity index (χ1v) is 11.6. The minimum absolute atomic E-state index is 0.357. The molecule has 1 nitrogen and oxygen atoms in total. The second-order valence-corrected chi connectivity index (χ2v) is 9.38. The Morgan fingerprint density at radius 1 is 0.800 bits per heavy atom. The summed E-state index contributed by atoms with van der Waals surface area (Å²) in [6, 6.07) is 0.357. The van der Waals surface area contributed by atoms with Gasteiger partial charge in [0, 0.05) is 12.8 Å². The molecule has 0 amide bonds. The molecule has 2 saturated carbocycles. The minimum atomic E-state index is 0.357. The first-order chi connectivity index (χ1) is 12.2. The zero-order chi connectivity index (χ0) is 17.9. The third kappa shape index (κ3) is 7.72. The molecule has 0 radical (unpaired) electrons. The largest absolute Gasteiger partial charge is 0.314 e. The number of hydrogen-bond donors (Lipinski definition) is 0. The van der Waals surface area contributed by atoms with Gasteiger partial charge in [-0.15, -0.1) is 0 Å². The van der Waals surface area contributed by atoms with Crippen molar-refractivity contribution in [2.24, 2.45) is 23.7 Å². The molecule has 144 valence electrons. The molecule has 0 aliphatic heterocycles. The van der Waals surface area contributed by atoms with Crippen molar-refractivity contribution in [1.82, 2.24) is 0 Å². The van der Waals surface area contributed by atoms with Crippen LogP contribution in [0.2, 0.25) is 0 Å². The van der Waals surface area contributed by atoms with E-state index < -0.39 is 0 Å². The summed E-state index contributed by atoms with van der Waals surface area (Å²) in [5.41, 5.74) is 0. The van der Waals surface area contributed by atoms with Crippen LogP contribution in [0, 0.1) is 30.2 Å². The van der Waals surface area contributed by atoms with Crippen molar-refractivity contribution in [2.45, 2.75) is 123 Å². The number of hydrogen-bond acceptors (Lipinski definition) is 0. The summed E-state index contributed by atoms with van der Waals surface area (Å²) in [6.45, 7) is 12.0. The van der Waals surface area contributed by atoms with Crippen molar-refractivity contribution < 1.29 is 0 Å². The van der Waals surface area contributed by atoms with E-state index in [-0.39, 0.29) is 0 Å². The van der Waals surface area contributed by atoms with Crippen LogP contribution >= 0.6 is 0 Å². The minimum Gasteiger partial charge on any atom is -0.314 e. The maximum Gasteiger partial charge on any atom is 0.223 e. The molecule has 0 N–H and O–H groups in total. The van der Waals surface area contributed by atoms with E-state index in [9.17, 15) is 0 Å². The summed E-state index contributed by atoms with van der Waals surface area (Å²) in [6.07, 6.45) is 22.6. The van der Waals surface area contributed by atoms with E-state index in [1.807, 2.05) is 0 Å². The van der Waals surface area contributed by atoms with E-state index in [0.29, 0.717) is 6.04 Å². The van der Waals surface area contributed by atoms with E-state index in [1.165, 1.54) is 103 Å². The second-order valence-electron chi connectivity index (χ2n) is 9.38. The predicted molar refractivity (Wildman–Crippen MR) is 110 cm³/mol. The third-order valence-corrected chi connectivity index (χ3v) is 7.27. The average Bonchev–Trinajstić information content (AvgIpc) is 2.65. The lowest BCUT2D eigenvalue weighted by Gasteiger charge is -2.36. The van der Waals surface area contributed by atoms with Gasteiger partial charge in [0.15, 0.2) is 0 Å². The highest BCUT2D eigenvalue weighted by molar-refractivity contribution is 4.88. The van der Waals surface area contributed by atoms with Crippen LogP contribution in [0.5, 0.6) is 0 Å². The van der Waals surface area contributed by atoms with Gasteiger partial charge in [-0.1, -0.05) is 71.6 Å². The van der Waals surface area contributed by atoms with Gasteiger partial charge in [0.25, 0.3) is 0 Å². The number of unbranched alkanes of at least 4 members (excludes halogenated alkanes) is 5. The fourth-order valence-corrected chi connectivity index (χ4v) is 5.56. The van der Waals surface area contributed by atoms with E-state index in [4.69, 9.17) is 6.57 Å². The molecule has 1 atom stereocenters. The molecule has 2 aliphatic rings.